The Morgan fingerprint density at radius 2 is 2.15 bits per heavy atom. The molecule has 0 aromatic heterocycles. The first kappa shape index (κ1) is 10.5. The van der Waals surface area contributed by atoms with Crippen LogP contribution in [0.2, 0.25) is 0 Å². The van der Waals surface area contributed by atoms with E-state index < -0.39 is 5.60 Å². The van der Waals surface area contributed by atoms with Gasteiger partial charge >= 0.3 is 0 Å². The van der Waals surface area contributed by atoms with Crippen LogP contribution in [0.1, 0.15) is 27.2 Å². The van der Waals surface area contributed by atoms with Crippen molar-refractivity contribution in [1.29, 1.82) is 0 Å². The largest absolute Gasteiger partial charge is 0.495 e. The lowest BCUT2D eigenvalue weighted by Crippen LogP contribution is -2.50. The number of aliphatic hydroxyl groups is 1. The van der Waals surface area contributed by atoms with Crippen molar-refractivity contribution in [3.05, 3.63) is 11.8 Å². The molecule has 13 heavy (non-hydrogen) atoms. The normalized spacial score (nSPS) is 22.1. The summed E-state index contributed by atoms with van der Waals surface area (Å²) >= 11 is 0. The third kappa shape index (κ3) is 1.71. The molecule has 0 saturated heterocycles. The monoisotopic (exact) mass is 185 g/mol. The molecule has 0 aliphatic carbocycles. The molecule has 1 unspecified atom stereocenters. The summed E-state index contributed by atoms with van der Waals surface area (Å²) in [5.74, 6) is 0.641. The van der Waals surface area contributed by atoms with Gasteiger partial charge in [0.15, 0.2) is 0 Å². The molecule has 0 radical (unpaired) electrons. The summed E-state index contributed by atoms with van der Waals surface area (Å²) in [7, 11) is 0. The minimum absolute atomic E-state index is 0.197. The lowest BCUT2D eigenvalue weighted by Gasteiger charge is -2.39. The first-order valence-corrected chi connectivity index (χ1v) is 4.68. The molecule has 0 bridgehead atoms. The van der Waals surface area contributed by atoms with Crippen LogP contribution in [-0.2, 0) is 4.74 Å². The summed E-state index contributed by atoms with van der Waals surface area (Å²) in [4.78, 5) is 0. The highest BCUT2D eigenvalue weighted by Crippen LogP contribution is 2.37. The second-order valence-electron chi connectivity index (χ2n) is 4.52. The molecule has 1 atom stereocenters. The molecule has 1 aliphatic heterocycles. The van der Waals surface area contributed by atoms with E-state index in [1.54, 1.807) is 0 Å². The molecule has 0 aromatic rings. The van der Waals surface area contributed by atoms with E-state index in [1.807, 2.05) is 26.8 Å². The minimum Gasteiger partial charge on any atom is -0.495 e. The fraction of sp³-hybridized carbons (Fsp3) is 0.800. The van der Waals surface area contributed by atoms with Crippen LogP contribution in [0.15, 0.2) is 11.8 Å². The molecule has 76 valence electrons. The predicted molar refractivity (Wildman–Crippen MR) is 52.1 cm³/mol. The molecule has 1 aliphatic rings. The predicted octanol–water partition coefficient (Wildman–Crippen LogP) is 1.03. The summed E-state index contributed by atoms with van der Waals surface area (Å²) in [5.41, 5.74) is 4.28. The van der Waals surface area contributed by atoms with E-state index in [9.17, 15) is 5.11 Å². The van der Waals surface area contributed by atoms with Gasteiger partial charge in [-0.1, -0.05) is 20.8 Å². The maximum atomic E-state index is 10.3. The van der Waals surface area contributed by atoms with E-state index in [4.69, 9.17) is 10.5 Å². The van der Waals surface area contributed by atoms with Gasteiger partial charge < -0.3 is 15.6 Å². The molecule has 1 rings (SSSR count). The SMILES string of the molecule is CC(C)(C)C(O)(CN)C1=CCCO1. The van der Waals surface area contributed by atoms with Crippen LogP contribution >= 0.6 is 0 Å². The van der Waals surface area contributed by atoms with Gasteiger partial charge in [-0.15, -0.1) is 0 Å². The Hall–Kier alpha value is -0.540. The van der Waals surface area contributed by atoms with Crippen molar-refractivity contribution in [2.45, 2.75) is 32.8 Å². The average molecular weight is 185 g/mol. The molecule has 3 N–H and O–H groups in total. The average Bonchev–Trinajstić information content (AvgIpc) is 2.52. The quantitative estimate of drug-likeness (QED) is 0.675. The van der Waals surface area contributed by atoms with Crippen molar-refractivity contribution in [2.75, 3.05) is 13.2 Å². The third-order valence-electron chi connectivity index (χ3n) is 2.65. The first-order valence-electron chi connectivity index (χ1n) is 4.68. The maximum absolute atomic E-state index is 10.3. The smallest absolute Gasteiger partial charge is 0.138 e. The molecular weight excluding hydrogens is 166 g/mol. The van der Waals surface area contributed by atoms with Crippen LogP contribution in [0.25, 0.3) is 0 Å². The van der Waals surface area contributed by atoms with Gasteiger partial charge in [0.2, 0.25) is 0 Å². The first-order chi connectivity index (χ1) is 5.92. The van der Waals surface area contributed by atoms with Crippen LogP contribution in [0.4, 0.5) is 0 Å². The van der Waals surface area contributed by atoms with Gasteiger partial charge in [-0.3, -0.25) is 0 Å². The van der Waals surface area contributed by atoms with Crippen LogP contribution < -0.4 is 5.73 Å². The zero-order chi connectivity index (χ0) is 10.1. The van der Waals surface area contributed by atoms with E-state index in [0.717, 1.165) is 6.42 Å². The van der Waals surface area contributed by atoms with E-state index >= 15 is 0 Å². The van der Waals surface area contributed by atoms with Crippen LogP contribution in [0.3, 0.4) is 0 Å². The summed E-state index contributed by atoms with van der Waals surface area (Å²) in [6.45, 7) is 6.74. The lowest BCUT2D eigenvalue weighted by atomic mass is 9.75. The Morgan fingerprint density at radius 3 is 2.46 bits per heavy atom. The number of hydrogen-bond acceptors (Lipinski definition) is 3. The summed E-state index contributed by atoms with van der Waals surface area (Å²) in [6.07, 6.45) is 2.80. The van der Waals surface area contributed by atoms with E-state index in [-0.39, 0.29) is 12.0 Å². The summed E-state index contributed by atoms with van der Waals surface area (Å²) in [6, 6.07) is 0. The molecule has 0 aromatic carbocycles. The highest BCUT2D eigenvalue weighted by Gasteiger charge is 2.44. The van der Waals surface area contributed by atoms with Gasteiger partial charge in [-0.05, 0) is 11.5 Å². The van der Waals surface area contributed by atoms with Crippen molar-refractivity contribution in [1.82, 2.24) is 0 Å². The van der Waals surface area contributed by atoms with Crippen LogP contribution in [-0.4, -0.2) is 23.9 Å². The second-order valence-corrected chi connectivity index (χ2v) is 4.52. The highest BCUT2D eigenvalue weighted by atomic mass is 16.5. The van der Waals surface area contributed by atoms with Crippen molar-refractivity contribution in [3.63, 3.8) is 0 Å². The molecule has 1 heterocycles. The van der Waals surface area contributed by atoms with Crippen molar-refractivity contribution < 1.29 is 9.84 Å². The molecule has 0 amide bonds. The van der Waals surface area contributed by atoms with Gasteiger partial charge in [-0.2, -0.15) is 0 Å². The summed E-state index contributed by atoms with van der Waals surface area (Å²) in [5, 5.41) is 10.3. The third-order valence-corrected chi connectivity index (χ3v) is 2.65. The fourth-order valence-electron chi connectivity index (χ4n) is 1.48. The number of hydrogen-bond donors (Lipinski definition) is 2. The molecular formula is C10H19NO2. The van der Waals surface area contributed by atoms with Gasteiger partial charge in [0.05, 0.1) is 6.61 Å². The second kappa shape index (κ2) is 3.31. The number of ether oxygens (including phenoxy) is 1. The van der Waals surface area contributed by atoms with Gasteiger partial charge in [-0.25, -0.2) is 0 Å². The topological polar surface area (TPSA) is 55.5 Å². The lowest BCUT2D eigenvalue weighted by molar-refractivity contribution is -0.0554. The standard InChI is InChI=1S/C10H19NO2/c1-9(2,3)10(12,7-11)8-5-4-6-13-8/h5,12H,4,6-7,11H2,1-3H3. The Labute approximate surface area is 79.6 Å². The van der Waals surface area contributed by atoms with Gasteiger partial charge in [0.25, 0.3) is 0 Å². The van der Waals surface area contributed by atoms with Crippen molar-refractivity contribution in [2.24, 2.45) is 11.1 Å². The maximum Gasteiger partial charge on any atom is 0.138 e. The number of nitrogens with two attached hydrogens (primary N) is 1. The Morgan fingerprint density at radius 1 is 1.54 bits per heavy atom. The molecule has 0 spiro atoms. The Kier molecular flexibility index (Phi) is 2.68. The van der Waals surface area contributed by atoms with E-state index in [1.165, 1.54) is 0 Å². The summed E-state index contributed by atoms with van der Waals surface area (Å²) < 4.78 is 5.37. The molecule has 0 fully saturated rings. The van der Waals surface area contributed by atoms with Crippen molar-refractivity contribution >= 4 is 0 Å². The van der Waals surface area contributed by atoms with Gasteiger partial charge in [0, 0.05) is 13.0 Å². The zero-order valence-corrected chi connectivity index (χ0v) is 8.63. The van der Waals surface area contributed by atoms with Crippen LogP contribution in [0, 0.1) is 5.41 Å². The van der Waals surface area contributed by atoms with Gasteiger partial charge in [0.1, 0.15) is 11.4 Å². The van der Waals surface area contributed by atoms with E-state index in [2.05, 4.69) is 0 Å². The van der Waals surface area contributed by atoms with Crippen molar-refractivity contribution in [3.8, 4) is 0 Å². The minimum atomic E-state index is -1.02. The molecule has 3 heteroatoms. The van der Waals surface area contributed by atoms with E-state index in [0.29, 0.717) is 12.4 Å². The highest BCUT2D eigenvalue weighted by molar-refractivity contribution is 5.18. The van der Waals surface area contributed by atoms with Crippen LogP contribution in [0.5, 0.6) is 0 Å². The molecule has 0 saturated carbocycles. The fourth-order valence-corrected chi connectivity index (χ4v) is 1.48. The number of rotatable bonds is 2. The molecule has 3 nitrogen and oxygen atoms in total. The zero-order valence-electron chi connectivity index (χ0n) is 8.63. The Bertz CT molecular complexity index is 217. The Balaban J connectivity index is 2.92.